The summed E-state index contributed by atoms with van der Waals surface area (Å²) >= 11 is 1.77. The zero-order valence-corrected chi connectivity index (χ0v) is 15.3. The molecule has 124 valence electrons. The number of thiazole rings is 1. The SMILES string of the molecule is CNC1(c2nc(C)cs2)CC=C(c2[nH]c3ccccc3c2C)CC1. The van der Waals surface area contributed by atoms with Crippen LogP contribution in [-0.4, -0.2) is 17.0 Å². The third-order valence-corrected chi connectivity index (χ3v) is 6.48. The molecule has 0 saturated heterocycles. The quantitative estimate of drug-likeness (QED) is 0.712. The number of fused-ring (bicyclic) bond motifs is 1. The molecule has 1 atom stereocenters. The summed E-state index contributed by atoms with van der Waals surface area (Å²) in [6, 6.07) is 8.56. The molecule has 2 aromatic heterocycles. The van der Waals surface area contributed by atoms with Crippen molar-refractivity contribution in [3.8, 4) is 0 Å². The Kier molecular flexibility index (Phi) is 3.82. The van der Waals surface area contributed by atoms with Crippen molar-refractivity contribution in [2.45, 2.75) is 38.6 Å². The molecule has 3 aromatic rings. The number of allylic oxidation sites excluding steroid dienone is 1. The molecule has 0 amide bonds. The summed E-state index contributed by atoms with van der Waals surface area (Å²) in [6.45, 7) is 4.29. The lowest BCUT2D eigenvalue weighted by molar-refractivity contribution is 0.330. The number of rotatable bonds is 3. The van der Waals surface area contributed by atoms with Gasteiger partial charge in [0.25, 0.3) is 0 Å². The Morgan fingerprint density at radius 1 is 1.25 bits per heavy atom. The average molecular weight is 337 g/mol. The zero-order chi connectivity index (χ0) is 16.7. The number of H-pyrrole nitrogens is 1. The maximum Gasteiger partial charge on any atom is 0.113 e. The van der Waals surface area contributed by atoms with Crippen LogP contribution >= 0.6 is 11.3 Å². The van der Waals surface area contributed by atoms with Gasteiger partial charge in [-0.3, -0.25) is 0 Å². The van der Waals surface area contributed by atoms with Crippen LogP contribution in [-0.2, 0) is 5.54 Å². The summed E-state index contributed by atoms with van der Waals surface area (Å²) in [5.74, 6) is 0. The number of nitrogens with zero attached hydrogens (tertiary/aromatic N) is 1. The van der Waals surface area contributed by atoms with Crippen LogP contribution in [0.1, 0.15) is 41.2 Å². The molecule has 2 N–H and O–H groups in total. The zero-order valence-electron chi connectivity index (χ0n) is 14.4. The Bertz CT molecular complexity index is 918. The number of benzene rings is 1. The topological polar surface area (TPSA) is 40.7 Å². The van der Waals surface area contributed by atoms with E-state index in [0.29, 0.717) is 0 Å². The van der Waals surface area contributed by atoms with Crippen molar-refractivity contribution < 1.29 is 0 Å². The molecular formula is C20H23N3S. The Morgan fingerprint density at radius 3 is 2.71 bits per heavy atom. The molecule has 3 nitrogen and oxygen atoms in total. The van der Waals surface area contributed by atoms with E-state index in [9.17, 15) is 0 Å². The molecule has 1 unspecified atom stereocenters. The molecule has 4 rings (SSSR count). The van der Waals surface area contributed by atoms with E-state index >= 15 is 0 Å². The van der Waals surface area contributed by atoms with Gasteiger partial charge in [-0.05, 0) is 57.4 Å². The van der Waals surface area contributed by atoms with Crippen LogP contribution in [0, 0.1) is 13.8 Å². The number of para-hydroxylation sites is 1. The highest BCUT2D eigenvalue weighted by atomic mass is 32.1. The van der Waals surface area contributed by atoms with Crippen LogP contribution in [0.25, 0.3) is 16.5 Å². The fourth-order valence-corrected chi connectivity index (χ4v) is 4.83. The first kappa shape index (κ1) is 15.6. The first-order valence-electron chi connectivity index (χ1n) is 8.51. The largest absolute Gasteiger partial charge is 0.355 e. The van der Waals surface area contributed by atoms with Crippen LogP contribution in [0.2, 0.25) is 0 Å². The highest BCUT2D eigenvalue weighted by Gasteiger charge is 2.35. The molecule has 1 aliphatic carbocycles. The van der Waals surface area contributed by atoms with Crippen molar-refractivity contribution >= 4 is 27.8 Å². The summed E-state index contributed by atoms with van der Waals surface area (Å²) in [5.41, 5.74) is 6.43. The predicted molar refractivity (Wildman–Crippen MR) is 102 cm³/mol. The van der Waals surface area contributed by atoms with Gasteiger partial charge in [-0.15, -0.1) is 11.3 Å². The Hall–Kier alpha value is -1.91. The minimum Gasteiger partial charge on any atom is -0.355 e. The number of aromatic amines is 1. The van der Waals surface area contributed by atoms with Gasteiger partial charge in [0.05, 0.1) is 5.54 Å². The van der Waals surface area contributed by atoms with Gasteiger partial charge >= 0.3 is 0 Å². The minimum absolute atomic E-state index is 0.0116. The van der Waals surface area contributed by atoms with E-state index < -0.39 is 0 Å². The van der Waals surface area contributed by atoms with Crippen molar-refractivity contribution in [2.75, 3.05) is 7.05 Å². The van der Waals surface area contributed by atoms with Gasteiger partial charge in [0.15, 0.2) is 0 Å². The average Bonchev–Trinajstić information content (AvgIpc) is 3.20. The van der Waals surface area contributed by atoms with Crippen molar-refractivity contribution in [1.29, 1.82) is 0 Å². The first-order valence-corrected chi connectivity index (χ1v) is 9.39. The molecule has 24 heavy (non-hydrogen) atoms. The standard InChI is InChI=1S/C20H23N3S/c1-13-12-24-19(22-13)20(21-3)10-8-15(9-11-20)18-14(2)16-6-4-5-7-17(16)23-18/h4-8,12,21,23H,9-11H2,1-3H3. The van der Waals surface area contributed by atoms with Crippen LogP contribution in [0.15, 0.2) is 35.7 Å². The van der Waals surface area contributed by atoms with Crippen LogP contribution in [0.5, 0.6) is 0 Å². The lowest BCUT2D eigenvalue weighted by Crippen LogP contribution is -2.41. The maximum absolute atomic E-state index is 4.75. The second kappa shape index (κ2) is 5.87. The number of aromatic nitrogens is 2. The van der Waals surface area contributed by atoms with Crippen molar-refractivity contribution in [3.05, 3.63) is 57.7 Å². The van der Waals surface area contributed by atoms with Gasteiger partial charge in [-0.1, -0.05) is 24.3 Å². The molecule has 0 spiro atoms. The van der Waals surface area contributed by atoms with Gasteiger partial charge in [0.2, 0.25) is 0 Å². The molecular weight excluding hydrogens is 314 g/mol. The summed E-state index contributed by atoms with van der Waals surface area (Å²) in [4.78, 5) is 8.37. The molecule has 0 radical (unpaired) electrons. The molecule has 0 aliphatic heterocycles. The lowest BCUT2D eigenvalue weighted by Gasteiger charge is -2.34. The van der Waals surface area contributed by atoms with Crippen LogP contribution in [0.3, 0.4) is 0 Å². The number of nitrogens with one attached hydrogen (secondary N) is 2. The second-order valence-electron chi connectivity index (χ2n) is 6.73. The number of hydrogen-bond acceptors (Lipinski definition) is 3. The van der Waals surface area contributed by atoms with Gasteiger partial charge < -0.3 is 10.3 Å². The van der Waals surface area contributed by atoms with E-state index in [2.05, 4.69) is 66.9 Å². The molecule has 1 aliphatic rings. The predicted octanol–water partition coefficient (Wildman–Crippen LogP) is 4.92. The third-order valence-electron chi connectivity index (χ3n) is 5.31. The van der Waals surface area contributed by atoms with E-state index in [-0.39, 0.29) is 5.54 Å². The van der Waals surface area contributed by atoms with Crippen molar-refractivity contribution in [2.24, 2.45) is 0 Å². The third kappa shape index (κ3) is 2.41. The van der Waals surface area contributed by atoms with Gasteiger partial charge in [-0.25, -0.2) is 4.98 Å². The van der Waals surface area contributed by atoms with Crippen molar-refractivity contribution in [1.82, 2.24) is 15.3 Å². The first-order chi connectivity index (χ1) is 11.6. The summed E-state index contributed by atoms with van der Waals surface area (Å²) in [5, 5.41) is 8.24. The van der Waals surface area contributed by atoms with Crippen LogP contribution < -0.4 is 5.32 Å². The summed E-state index contributed by atoms with van der Waals surface area (Å²) < 4.78 is 0. The number of aryl methyl sites for hydroxylation is 2. The molecule has 1 aromatic carbocycles. The Labute approximate surface area is 146 Å². The second-order valence-corrected chi connectivity index (χ2v) is 7.59. The summed E-state index contributed by atoms with van der Waals surface area (Å²) in [7, 11) is 2.06. The Morgan fingerprint density at radius 2 is 2.08 bits per heavy atom. The van der Waals surface area contributed by atoms with Gasteiger partial charge in [-0.2, -0.15) is 0 Å². The fraction of sp³-hybridized carbons (Fsp3) is 0.350. The normalized spacial score (nSPS) is 21.2. The fourth-order valence-electron chi connectivity index (χ4n) is 3.78. The molecule has 2 heterocycles. The highest BCUT2D eigenvalue weighted by Crippen LogP contribution is 2.41. The van der Waals surface area contributed by atoms with Gasteiger partial charge in [0.1, 0.15) is 5.01 Å². The number of hydrogen-bond donors (Lipinski definition) is 2. The van der Waals surface area contributed by atoms with Crippen molar-refractivity contribution in [3.63, 3.8) is 0 Å². The smallest absolute Gasteiger partial charge is 0.113 e. The maximum atomic E-state index is 4.75. The molecule has 4 heteroatoms. The highest BCUT2D eigenvalue weighted by molar-refractivity contribution is 7.09. The lowest BCUT2D eigenvalue weighted by atomic mass is 9.81. The summed E-state index contributed by atoms with van der Waals surface area (Å²) in [6.07, 6.45) is 5.53. The van der Waals surface area contributed by atoms with E-state index in [1.165, 1.54) is 32.7 Å². The Balaban J connectivity index is 1.69. The van der Waals surface area contributed by atoms with E-state index in [4.69, 9.17) is 4.98 Å². The van der Waals surface area contributed by atoms with E-state index in [1.807, 2.05) is 0 Å². The van der Waals surface area contributed by atoms with E-state index in [1.54, 1.807) is 11.3 Å². The molecule has 0 saturated carbocycles. The molecule has 0 bridgehead atoms. The monoisotopic (exact) mass is 337 g/mol. The minimum atomic E-state index is -0.0116. The van der Waals surface area contributed by atoms with E-state index in [0.717, 1.165) is 25.0 Å². The molecule has 0 fully saturated rings. The van der Waals surface area contributed by atoms with Gasteiger partial charge in [0, 0.05) is 27.7 Å². The van der Waals surface area contributed by atoms with Crippen LogP contribution in [0.4, 0.5) is 0 Å².